The van der Waals surface area contributed by atoms with Crippen molar-refractivity contribution in [2.24, 2.45) is 5.10 Å². The van der Waals surface area contributed by atoms with Crippen molar-refractivity contribution in [3.63, 3.8) is 0 Å². The van der Waals surface area contributed by atoms with Gasteiger partial charge in [-0.3, -0.25) is 9.69 Å². The summed E-state index contributed by atoms with van der Waals surface area (Å²) in [6, 6.07) is 5.52. The third-order valence-corrected chi connectivity index (χ3v) is 4.57. The molecule has 1 amide bonds. The van der Waals surface area contributed by atoms with Crippen molar-refractivity contribution in [1.82, 2.24) is 10.3 Å². The molecule has 1 aliphatic heterocycles. The second kappa shape index (κ2) is 7.54. The van der Waals surface area contributed by atoms with Gasteiger partial charge < -0.3 is 9.15 Å². The molecule has 7 heteroatoms. The summed E-state index contributed by atoms with van der Waals surface area (Å²) in [6.07, 6.45) is 1.65. The standard InChI is InChI=1S/C16H19N3O3S/c1-12-4-9-23-15(12)10-17-18-16(20)14-3-2-13(22-14)11-19-5-7-21-8-6-19/h2-4,9-10H,5-8,11H2,1H3,(H,18,20)/b17-10-. The molecule has 0 spiro atoms. The van der Waals surface area contributed by atoms with Crippen molar-refractivity contribution in [1.29, 1.82) is 0 Å². The summed E-state index contributed by atoms with van der Waals surface area (Å²) in [4.78, 5) is 15.3. The monoisotopic (exact) mass is 333 g/mol. The van der Waals surface area contributed by atoms with Gasteiger partial charge in [0.1, 0.15) is 5.76 Å². The average molecular weight is 333 g/mol. The highest BCUT2D eigenvalue weighted by molar-refractivity contribution is 7.11. The van der Waals surface area contributed by atoms with Gasteiger partial charge >= 0.3 is 5.91 Å². The molecule has 0 unspecified atom stereocenters. The van der Waals surface area contributed by atoms with Crippen LogP contribution in [0.15, 0.2) is 33.1 Å². The van der Waals surface area contributed by atoms with Crippen molar-refractivity contribution in [2.75, 3.05) is 26.3 Å². The number of morpholine rings is 1. The molecule has 0 bridgehead atoms. The molecule has 1 fully saturated rings. The van der Waals surface area contributed by atoms with Crippen LogP contribution in [0.4, 0.5) is 0 Å². The Kier molecular flexibility index (Phi) is 5.22. The second-order valence-electron chi connectivity index (χ2n) is 5.32. The number of aryl methyl sites for hydroxylation is 1. The van der Waals surface area contributed by atoms with Gasteiger partial charge in [-0.05, 0) is 36.1 Å². The number of amides is 1. The zero-order valence-electron chi connectivity index (χ0n) is 12.9. The molecule has 0 aliphatic carbocycles. The molecule has 6 nitrogen and oxygen atoms in total. The molecule has 3 rings (SSSR count). The zero-order valence-corrected chi connectivity index (χ0v) is 13.8. The second-order valence-corrected chi connectivity index (χ2v) is 6.27. The van der Waals surface area contributed by atoms with Crippen LogP contribution in [0.1, 0.15) is 26.8 Å². The zero-order chi connectivity index (χ0) is 16.1. The maximum absolute atomic E-state index is 12.0. The van der Waals surface area contributed by atoms with Crippen LogP contribution < -0.4 is 5.43 Å². The van der Waals surface area contributed by atoms with Gasteiger partial charge in [0.25, 0.3) is 0 Å². The highest BCUT2D eigenvalue weighted by Gasteiger charge is 2.15. The summed E-state index contributed by atoms with van der Waals surface area (Å²) < 4.78 is 10.9. The number of carbonyl (C=O) groups excluding carboxylic acids is 1. The topological polar surface area (TPSA) is 67.1 Å². The summed E-state index contributed by atoms with van der Waals surface area (Å²) in [5.41, 5.74) is 3.63. The Morgan fingerprint density at radius 2 is 2.22 bits per heavy atom. The first-order chi connectivity index (χ1) is 11.2. The predicted octanol–water partition coefficient (Wildman–Crippen LogP) is 2.25. The molecule has 0 radical (unpaired) electrons. The Bertz CT molecular complexity index is 686. The fourth-order valence-electron chi connectivity index (χ4n) is 2.29. The SMILES string of the molecule is Cc1ccsc1/C=N\NC(=O)c1ccc(CN2CCOCC2)o1. The van der Waals surface area contributed by atoms with Gasteiger partial charge in [-0.25, -0.2) is 5.43 Å². The summed E-state index contributed by atoms with van der Waals surface area (Å²) in [6.45, 7) is 5.94. The lowest BCUT2D eigenvalue weighted by Crippen LogP contribution is -2.35. The minimum atomic E-state index is -0.344. The molecule has 0 atom stereocenters. The summed E-state index contributed by atoms with van der Waals surface area (Å²) >= 11 is 1.58. The van der Waals surface area contributed by atoms with Crippen LogP contribution in [-0.2, 0) is 11.3 Å². The molecule has 1 aliphatic rings. The van der Waals surface area contributed by atoms with E-state index in [1.807, 2.05) is 24.4 Å². The molecule has 23 heavy (non-hydrogen) atoms. The lowest BCUT2D eigenvalue weighted by Gasteiger charge is -2.25. The van der Waals surface area contributed by atoms with E-state index in [0.717, 1.165) is 42.5 Å². The predicted molar refractivity (Wildman–Crippen MR) is 88.9 cm³/mol. The maximum atomic E-state index is 12.0. The van der Waals surface area contributed by atoms with E-state index in [2.05, 4.69) is 15.4 Å². The highest BCUT2D eigenvalue weighted by Crippen LogP contribution is 2.13. The Morgan fingerprint density at radius 3 is 2.96 bits per heavy atom. The molecule has 1 N–H and O–H groups in total. The Balaban J connectivity index is 1.53. The van der Waals surface area contributed by atoms with Crippen molar-refractivity contribution < 1.29 is 13.9 Å². The van der Waals surface area contributed by atoms with Crippen molar-refractivity contribution in [3.8, 4) is 0 Å². The van der Waals surface area contributed by atoms with Crippen molar-refractivity contribution >= 4 is 23.5 Å². The molecule has 0 aromatic carbocycles. The first-order valence-corrected chi connectivity index (χ1v) is 8.36. The summed E-state index contributed by atoms with van der Waals surface area (Å²) in [5.74, 6) is 0.701. The van der Waals surface area contributed by atoms with Gasteiger partial charge in [-0.1, -0.05) is 0 Å². The maximum Gasteiger partial charge on any atom is 0.307 e. The van der Waals surface area contributed by atoms with Crippen LogP contribution in [0, 0.1) is 6.92 Å². The molecule has 122 valence electrons. The largest absolute Gasteiger partial charge is 0.454 e. The third-order valence-electron chi connectivity index (χ3n) is 3.62. The Hall–Kier alpha value is -1.96. The number of nitrogens with one attached hydrogen (secondary N) is 1. The van der Waals surface area contributed by atoms with Crippen LogP contribution in [0.2, 0.25) is 0 Å². The normalized spacial score (nSPS) is 16.0. The number of hydrogen-bond donors (Lipinski definition) is 1. The van der Waals surface area contributed by atoms with Gasteiger partial charge in [0, 0.05) is 18.0 Å². The molecular formula is C16H19N3O3S. The summed E-state index contributed by atoms with van der Waals surface area (Å²) in [7, 11) is 0. The lowest BCUT2D eigenvalue weighted by atomic mass is 10.3. The molecule has 3 heterocycles. The molecule has 2 aromatic heterocycles. The molecule has 0 saturated carbocycles. The van der Waals surface area contributed by atoms with Crippen LogP contribution in [0.5, 0.6) is 0 Å². The number of hydrazone groups is 1. The minimum Gasteiger partial charge on any atom is -0.454 e. The van der Waals surface area contributed by atoms with Crippen LogP contribution in [0.25, 0.3) is 0 Å². The number of furan rings is 1. The Labute approximate surface area is 138 Å². The highest BCUT2D eigenvalue weighted by atomic mass is 32.1. The number of hydrogen-bond acceptors (Lipinski definition) is 6. The molecule has 1 saturated heterocycles. The van der Waals surface area contributed by atoms with E-state index in [1.165, 1.54) is 0 Å². The first-order valence-electron chi connectivity index (χ1n) is 7.48. The van der Waals surface area contributed by atoms with Gasteiger partial charge in [0.15, 0.2) is 5.76 Å². The molecular weight excluding hydrogens is 314 g/mol. The fraction of sp³-hybridized carbons (Fsp3) is 0.375. The van der Waals surface area contributed by atoms with Gasteiger partial charge in [0.05, 0.1) is 26.0 Å². The van der Waals surface area contributed by atoms with E-state index < -0.39 is 0 Å². The number of rotatable bonds is 5. The lowest BCUT2D eigenvalue weighted by molar-refractivity contribution is 0.0311. The quantitative estimate of drug-likeness (QED) is 0.673. The smallest absolute Gasteiger partial charge is 0.307 e. The average Bonchev–Trinajstić information content (AvgIpc) is 3.18. The Morgan fingerprint density at radius 1 is 1.39 bits per heavy atom. The first kappa shape index (κ1) is 15.9. The minimum absolute atomic E-state index is 0.272. The van der Waals surface area contributed by atoms with E-state index in [1.54, 1.807) is 23.6 Å². The number of thiophene rings is 1. The van der Waals surface area contributed by atoms with Crippen LogP contribution in [-0.4, -0.2) is 43.3 Å². The number of nitrogens with zero attached hydrogens (tertiary/aromatic N) is 2. The number of ether oxygens (including phenoxy) is 1. The van der Waals surface area contributed by atoms with Crippen LogP contribution in [0.3, 0.4) is 0 Å². The van der Waals surface area contributed by atoms with E-state index in [9.17, 15) is 4.79 Å². The molecule has 2 aromatic rings. The van der Waals surface area contributed by atoms with Crippen LogP contribution >= 0.6 is 11.3 Å². The van der Waals surface area contributed by atoms with Gasteiger partial charge in [-0.15, -0.1) is 11.3 Å². The van der Waals surface area contributed by atoms with Gasteiger partial charge in [0.2, 0.25) is 0 Å². The van der Waals surface area contributed by atoms with Crippen molar-refractivity contribution in [3.05, 3.63) is 45.5 Å². The summed E-state index contributed by atoms with van der Waals surface area (Å²) in [5, 5.41) is 5.96. The van der Waals surface area contributed by atoms with E-state index in [0.29, 0.717) is 6.54 Å². The van der Waals surface area contributed by atoms with Crippen molar-refractivity contribution in [2.45, 2.75) is 13.5 Å². The van der Waals surface area contributed by atoms with Gasteiger partial charge in [-0.2, -0.15) is 5.10 Å². The third kappa shape index (κ3) is 4.28. The van der Waals surface area contributed by atoms with E-state index in [4.69, 9.17) is 9.15 Å². The van der Waals surface area contributed by atoms with E-state index in [-0.39, 0.29) is 11.7 Å². The fourth-order valence-corrected chi connectivity index (χ4v) is 3.07. The number of carbonyl (C=O) groups is 1. The van der Waals surface area contributed by atoms with E-state index >= 15 is 0 Å².